The van der Waals surface area contributed by atoms with Gasteiger partial charge in [0.15, 0.2) is 0 Å². The van der Waals surface area contributed by atoms with Gasteiger partial charge in [-0.15, -0.1) is 0 Å². The third-order valence-electron chi connectivity index (χ3n) is 2.43. The van der Waals surface area contributed by atoms with Crippen LogP contribution in [0.15, 0.2) is 0 Å². The minimum Gasteiger partial charge on any atom is -0.391 e. The second-order valence-electron chi connectivity index (χ2n) is 3.75. The molecule has 2 unspecified atom stereocenters. The fourth-order valence-corrected chi connectivity index (χ4v) is 1.58. The van der Waals surface area contributed by atoms with E-state index in [1.807, 2.05) is 0 Å². The highest BCUT2D eigenvalue weighted by atomic mass is 16.3. The van der Waals surface area contributed by atoms with Crippen molar-refractivity contribution in [2.24, 2.45) is 5.73 Å². The summed E-state index contributed by atoms with van der Waals surface area (Å²) < 4.78 is 0. The highest BCUT2D eigenvalue weighted by molar-refractivity contribution is 5.76. The second-order valence-corrected chi connectivity index (χ2v) is 3.75. The summed E-state index contributed by atoms with van der Waals surface area (Å²) in [4.78, 5) is 23.4. The van der Waals surface area contributed by atoms with Crippen LogP contribution in [0.2, 0.25) is 0 Å². The predicted molar refractivity (Wildman–Crippen MR) is 53.9 cm³/mol. The molecule has 1 aliphatic rings. The van der Waals surface area contributed by atoms with Gasteiger partial charge in [0.25, 0.3) is 0 Å². The Kier molecular flexibility index (Phi) is 4.51. The Hall–Kier alpha value is -1.14. The average molecular weight is 215 g/mol. The van der Waals surface area contributed by atoms with Crippen LogP contribution in [0, 0.1) is 0 Å². The maximum absolute atomic E-state index is 11.3. The van der Waals surface area contributed by atoms with Crippen molar-refractivity contribution in [1.29, 1.82) is 0 Å². The molecule has 0 aliphatic carbocycles. The lowest BCUT2D eigenvalue weighted by molar-refractivity contribution is -0.124. The molecule has 1 rings (SSSR count). The van der Waals surface area contributed by atoms with Gasteiger partial charge in [-0.3, -0.25) is 9.59 Å². The first-order valence-electron chi connectivity index (χ1n) is 5.02. The van der Waals surface area contributed by atoms with Gasteiger partial charge in [-0.05, 0) is 6.42 Å². The van der Waals surface area contributed by atoms with Gasteiger partial charge < -0.3 is 21.1 Å². The number of nitrogens with one attached hydrogen (secondary N) is 1. The molecule has 2 atom stereocenters. The minimum absolute atomic E-state index is 0.00711. The third-order valence-corrected chi connectivity index (χ3v) is 2.43. The number of likely N-dealkylation sites (tertiary alicyclic amines) is 1. The molecule has 2 amide bonds. The summed E-state index contributed by atoms with van der Waals surface area (Å²) >= 11 is 0. The number of amides is 2. The van der Waals surface area contributed by atoms with Crippen molar-refractivity contribution in [3.8, 4) is 0 Å². The zero-order valence-corrected chi connectivity index (χ0v) is 8.56. The number of nitrogens with zero attached hydrogens (tertiary/aromatic N) is 1. The number of carbonyl (C=O) groups is 2. The summed E-state index contributed by atoms with van der Waals surface area (Å²) in [6, 6.07) is 0.00711. The van der Waals surface area contributed by atoms with Gasteiger partial charge in [0.2, 0.25) is 12.3 Å². The van der Waals surface area contributed by atoms with Gasteiger partial charge >= 0.3 is 0 Å². The van der Waals surface area contributed by atoms with Crippen LogP contribution in [-0.4, -0.2) is 54.1 Å². The van der Waals surface area contributed by atoms with E-state index in [9.17, 15) is 9.59 Å². The first-order valence-corrected chi connectivity index (χ1v) is 5.02. The normalized spacial score (nSPS) is 22.5. The molecule has 1 saturated heterocycles. The Bertz CT molecular complexity index is 235. The van der Waals surface area contributed by atoms with Crippen LogP contribution in [-0.2, 0) is 9.59 Å². The van der Waals surface area contributed by atoms with Crippen LogP contribution >= 0.6 is 0 Å². The van der Waals surface area contributed by atoms with E-state index in [0.29, 0.717) is 13.1 Å². The molecule has 4 N–H and O–H groups in total. The van der Waals surface area contributed by atoms with Crippen LogP contribution in [0.5, 0.6) is 0 Å². The molecule has 86 valence electrons. The Morgan fingerprint density at radius 1 is 1.73 bits per heavy atom. The van der Waals surface area contributed by atoms with Gasteiger partial charge in [0.05, 0.1) is 12.5 Å². The Morgan fingerprint density at radius 3 is 3.00 bits per heavy atom. The predicted octanol–water partition coefficient (Wildman–Crippen LogP) is -1.96. The van der Waals surface area contributed by atoms with Gasteiger partial charge in [0.1, 0.15) is 0 Å². The highest BCUT2D eigenvalue weighted by Gasteiger charge is 2.23. The zero-order valence-electron chi connectivity index (χ0n) is 8.56. The van der Waals surface area contributed by atoms with Gasteiger partial charge in [0, 0.05) is 25.7 Å². The SMILES string of the molecule is NCC(O)CC(=O)NC1CCN(C=O)C1. The quantitative estimate of drug-likeness (QED) is 0.464. The molecule has 1 heterocycles. The van der Waals surface area contributed by atoms with Crippen molar-refractivity contribution in [2.75, 3.05) is 19.6 Å². The van der Waals surface area contributed by atoms with Crippen molar-refractivity contribution in [3.05, 3.63) is 0 Å². The summed E-state index contributed by atoms with van der Waals surface area (Å²) in [5.74, 6) is -0.217. The first kappa shape index (κ1) is 11.9. The third kappa shape index (κ3) is 3.85. The van der Waals surface area contributed by atoms with Crippen molar-refractivity contribution >= 4 is 12.3 Å². The van der Waals surface area contributed by atoms with E-state index in [0.717, 1.165) is 12.8 Å². The minimum atomic E-state index is -0.784. The summed E-state index contributed by atoms with van der Waals surface area (Å²) in [5, 5.41) is 11.9. The molecule has 1 fully saturated rings. The number of aliphatic hydroxyl groups is 1. The largest absolute Gasteiger partial charge is 0.391 e. The lowest BCUT2D eigenvalue weighted by Crippen LogP contribution is -2.39. The maximum atomic E-state index is 11.3. The number of carbonyl (C=O) groups excluding carboxylic acids is 2. The molecule has 0 saturated carbocycles. The lowest BCUT2D eigenvalue weighted by Gasteiger charge is -2.14. The summed E-state index contributed by atoms with van der Waals surface area (Å²) in [6.07, 6.45) is 0.784. The molecule has 0 aromatic heterocycles. The average Bonchev–Trinajstić information content (AvgIpc) is 2.65. The topological polar surface area (TPSA) is 95.7 Å². The summed E-state index contributed by atoms with van der Waals surface area (Å²) in [5.41, 5.74) is 5.19. The van der Waals surface area contributed by atoms with E-state index in [2.05, 4.69) is 5.32 Å². The van der Waals surface area contributed by atoms with Gasteiger partial charge in [-0.2, -0.15) is 0 Å². The van der Waals surface area contributed by atoms with Gasteiger partial charge in [-0.25, -0.2) is 0 Å². The lowest BCUT2D eigenvalue weighted by atomic mass is 10.2. The van der Waals surface area contributed by atoms with Crippen LogP contribution in [0.3, 0.4) is 0 Å². The number of hydrogen-bond acceptors (Lipinski definition) is 4. The van der Waals surface area contributed by atoms with Crippen molar-refractivity contribution in [2.45, 2.75) is 25.0 Å². The number of hydrogen-bond donors (Lipinski definition) is 3. The smallest absolute Gasteiger partial charge is 0.222 e. The molecular weight excluding hydrogens is 198 g/mol. The standard InChI is InChI=1S/C9H17N3O3/c10-4-8(14)3-9(15)11-7-1-2-12(5-7)6-13/h6-8,14H,1-5,10H2,(H,11,15). The van der Waals surface area contributed by atoms with Crippen molar-refractivity contribution < 1.29 is 14.7 Å². The zero-order chi connectivity index (χ0) is 11.3. The van der Waals surface area contributed by atoms with Gasteiger partial charge in [-0.1, -0.05) is 0 Å². The van der Waals surface area contributed by atoms with Crippen LogP contribution in [0.4, 0.5) is 0 Å². The maximum Gasteiger partial charge on any atom is 0.222 e. The Morgan fingerprint density at radius 2 is 2.47 bits per heavy atom. The van der Waals surface area contributed by atoms with E-state index >= 15 is 0 Å². The monoisotopic (exact) mass is 215 g/mol. The van der Waals surface area contributed by atoms with Crippen LogP contribution < -0.4 is 11.1 Å². The Labute approximate surface area is 88.4 Å². The molecule has 6 nitrogen and oxygen atoms in total. The molecule has 0 bridgehead atoms. The molecule has 0 aromatic rings. The van der Waals surface area contributed by atoms with E-state index in [1.54, 1.807) is 4.90 Å². The molecule has 15 heavy (non-hydrogen) atoms. The molecule has 0 radical (unpaired) electrons. The van der Waals surface area contributed by atoms with E-state index in [4.69, 9.17) is 10.8 Å². The van der Waals surface area contributed by atoms with E-state index in [1.165, 1.54) is 0 Å². The summed E-state index contributed by atoms with van der Waals surface area (Å²) in [6.45, 7) is 1.31. The Balaban J connectivity index is 2.24. The number of aliphatic hydroxyl groups excluding tert-OH is 1. The fourth-order valence-electron chi connectivity index (χ4n) is 1.58. The molecular formula is C9H17N3O3. The molecule has 6 heteroatoms. The van der Waals surface area contributed by atoms with Crippen LogP contribution in [0.25, 0.3) is 0 Å². The number of nitrogens with two attached hydrogens (primary N) is 1. The van der Waals surface area contributed by atoms with E-state index in [-0.39, 0.29) is 24.9 Å². The first-order chi connectivity index (χ1) is 7.15. The molecule has 1 aliphatic heterocycles. The highest BCUT2D eigenvalue weighted by Crippen LogP contribution is 2.06. The summed E-state index contributed by atoms with van der Waals surface area (Å²) in [7, 11) is 0. The molecule has 0 aromatic carbocycles. The fraction of sp³-hybridized carbons (Fsp3) is 0.778. The molecule has 0 spiro atoms. The number of rotatable bonds is 5. The van der Waals surface area contributed by atoms with Crippen molar-refractivity contribution in [1.82, 2.24) is 10.2 Å². The van der Waals surface area contributed by atoms with E-state index < -0.39 is 6.10 Å². The van der Waals surface area contributed by atoms with Crippen molar-refractivity contribution in [3.63, 3.8) is 0 Å². The van der Waals surface area contributed by atoms with Crippen LogP contribution in [0.1, 0.15) is 12.8 Å². The second kappa shape index (κ2) is 5.67.